The van der Waals surface area contributed by atoms with Gasteiger partial charge in [0.15, 0.2) is 0 Å². The van der Waals surface area contributed by atoms with E-state index in [-0.39, 0.29) is 12.1 Å². The molecule has 2 rings (SSSR count). The predicted molar refractivity (Wildman–Crippen MR) is 66.6 cm³/mol. The van der Waals surface area contributed by atoms with E-state index < -0.39 is 5.69 Å². The van der Waals surface area contributed by atoms with Crippen molar-refractivity contribution in [2.75, 3.05) is 0 Å². The molecule has 0 atom stereocenters. The minimum absolute atomic E-state index is 0.175. The Morgan fingerprint density at radius 1 is 1.29 bits per heavy atom. The summed E-state index contributed by atoms with van der Waals surface area (Å²) in [6, 6.07) is 6.82. The van der Waals surface area contributed by atoms with E-state index in [1.165, 1.54) is 12.3 Å². The van der Waals surface area contributed by atoms with Crippen molar-refractivity contribution in [1.29, 1.82) is 0 Å². The zero-order chi connectivity index (χ0) is 12.4. The number of halogens is 1. The van der Waals surface area contributed by atoms with Gasteiger partial charge in [0, 0.05) is 17.3 Å². The SMILES string of the molecule is Cc1ccc(Cn2c(=O)cc[nH]c2=O)c(Cl)c1. The van der Waals surface area contributed by atoms with Gasteiger partial charge in [-0.2, -0.15) is 0 Å². The molecule has 0 unspecified atom stereocenters. The van der Waals surface area contributed by atoms with Gasteiger partial charge in [0.2, 0.25) is 0 Å². The fourth-order valence-corrected chi connectivity index (χ4v) is 1.85. The smallest absolute Gasteiger partial charge is 0.314 e. The topological polar surface area (TPSA) is 54.9 Å². The van der Waals surface area contributed by atoms with Gasteiger partial charge in [-0.1, -0.05) is 23.7 Å². The highest BCUT2D eigenvalue weighted by atomic mass is 35.5. The Hall–Kier alpha value is -1.81. The third-order valence-corrected chi connectivity index (χ3v) is 2.83. The second-order valence-corrected chi connectivity index (χ2v) is 4.21. The maximum Gasteiger partial charge on any atom is 0.328 e. The second-order valence-electron chi connectivity index (χ2n) is 3.80. The molecule has 1 aromatic heterocycles. The number of hydrogen-bond acceptors (Lipinski definition) is 2. The van der Waals surface area contributed by atoms with Crippen molar-refractivity contribution < 1.29 is 0 Å². The van der Waals surface area contributed by atoms with Crippen LogP contribution in [-0.2, 0) is 6.54 Å². The minimum atomic E-state index is -0.436. The molecule has 0 bridgehead atoms. The number of nitrogens with zero attached hydrogens (tertiary/aromatic N) is 1. The Bertz CT molecular complexity index is 630. The highest BCUT2D eigenvalue weighted by Gasteiger charge is 2.05. The van der Waals surface area contributed by atoms with Gasteiger partial charge in [-0.15, -0.1) is 0 Å². The average molecular weight is 251 g/mol. The normalized spacial score (nSPS) is 10.5. The first-order valence-corrected chi connectivity index (χ1v) is 5.49. The molecule has 88 valence electrons. The van der Waals surface area contributed by atoms with Crippen molar-refractivity contribution in [3.63, 3.8) is 0 Å². The Balaban J connectivity index is 2.45. The Labute approximate surface area is 102 Å². The molecule has 4 nitrogen and oxygen atoms in total. The molecule has 0 aliphatic heterocycles. The number of hydrogen-bond donors (Lipinski definition) is 1. The first-order valence-electron chi connectivity index (χ1n) is 5.11. The summed E-state index contributed by atoms with van der Waals surface area (Å²) < 4.78 is 1.11. The standard InChI is InChI=1S/C12H11ClN2O2/c1-8-2-3-9(10(13)6-8)7-15-11(16)4-5-14-12(15)17/h2-6H,7H2,1H3,(H,14,17). The van der Waals surface area contributed by atoms with E-state index >= 15 is 0 Å². The number of aryl methyl sites for hydroxylation is 1. The number of rotatable bonds is 2. The van der Waals surface area contributed by atoms with E-state index in [4.69, 9.17) is 11.6 Å². The van der Waals surface area contributed by atoms with Crippen molar-refractivity contribution in [2.24, 2.45) is 0 Å². The molecule has 0 saturated heterocycles. The van der Waals surface area contributed by atoms with Crippen LogP contribution < -0.4 is 11.2 Å². The van der Waals surface area contributed by atoms with Gasteiger partial charge < -0.3 is 4.98 Å². The summed E-state index contributed by atoms with van der Waals surface area (Å²) in [6.07, 6.45) is 1.33. The molecule has 0 aliphatic carbocycles. The minimum Gasteiger partial charge on any atom is -0.314 e. The number of aromatic amines is 1. The summed E-state index contributed by atoms with van der Waals surface area (Å²) in [5.74, 6) is 0. The van der Waals surface area contributed by atoms with Crippen molar-refractivity contribution in [3.8, 4) is 0 Å². The molecule has 2 aromatic rings. The van der Waals surface area contributed by atoms with E-state index in [2.05, 4.69) is 4.98 Å². The molecule has 0 spiro atoms. The van der Waals surface area contributed by atoms with Crippen LogP contribution in [0.5, 0.6) is 0 Å². The van der Waals surface area contributed by atoms with E-state index in [9.17, 15) is 9.59 Å². The molecule has 0 amide bonds. The molecule has 5 heteroatoms. The lowest BCUT2D eigenvalue weighted by atomic mass is 10.1. The van der Waals surface area contributed by atoms with Crippen molar-refractivity contribution in [1.82, 2.24) is 9.55 Å². The van der Waals surface area contributed by atoms with Crippen LogP contribution in [0.15, 0.2) is 40.1 Å². The molecule has 0 aliphatic rings. The summed E-state index contributed by atoms with van der Waals surface area (Å²) >= 11 is 6.06. The highest BCUT2D eigenvalue weighted by Crippen LogP contribution is 2.17. The van der Waals surface area contributed by atoms with Gasteiger partial charge in [-0.3, -0.25) is 9.36 Å². The van der Waals surface area contributed by atoms with Gasteiger partial charge in [0.25, 0.3) is 5.56 Å². The van der Waals surface area contributed by atoms with E-state index in [0.29, 0.717) is 5.02 Å². The van der Waals surface area contributed by atoms with Gasteiger partial charge >= 0.3 is 5.69 Å². The summed E-state index contributed by atoms with van der Waals surface area (Å²) in [6.45, 7) is 2.10. The van der Waals surface area contributed by atoms with E-state index in [1.807, 2.05) is 19.1 Å². The highest BCUT2D eigenvalue weighted by molar-refractivity contribution is 6.31. The monoisotopic (exact) mass is 250 g/mol. The quantitative estimate of drug-likeness (QED) is 0.879. The lowest BCUT2D eigenvalue weighted by Gasteiger charge is -2.06. The molecule has 0 saturated carbocycles. The third-order valence-electron chi connectivity index (χ3n) is 2.48. The molecular formula is C12H11ClN2O2. The largest absolute Gasteiger partial charge is 0.328 e. The predicted octanol–water partition coefficient (Wildman–Crippen LogP) is 1.55. The van der Waals surface area contributed by atoms with Crippen LogP contribution in [-0.4, -0.2) is 9.55 Å². The molecule has 1 heterocycles. The number of nitrogens with one attached hydrogen (secondary N) is 1. The first-order chi connectivity index (χ1) is 8.08. The van der Waals surface area contributed by atoms with Crippen molar-refractivity contribution >= 4 is 11.6 Å². The maximum absolute atomic E-state index is 11.5. The maximum atomic E-state index is 11.5. The summed E-state index contributed by atoms with van der Waals surface area (Å²) in [4.78, 5) is 25.5. The fraction of sp³-hybridized carbons (Fsp3) is 0.167. The van der Waals surface area contributed by atoms with Gasteiger partial charge in [-0.25, -0.2) is 4.79 Å². The lowest BCUT2D eigenvalue weighted by molar-refractivity contribution is 0.699. The lowest BCUT2D eigenvalue weighted by Crippen LogP contribution is -2.34. The van der Waals surface area contributed by atoms with Gasteiger partial charge in [-0.05, 0) is 24.1 Å². The zero-order valence-corrected chi connectivity index (χ0v) is 9.99. The van der Waals surface area contributed by atoms with Crippen LogP contribution in [0.2, 0.25) is 5.02 Å². The van der Waals surface area contributed by atoms with Crippen LogP contribution in [0.3, 0.4) is 0 Å². The van der Waals surface area contributed by atoms with Crippen LogP contribution >= 0.6 is 11.6 Å². The molecule has 1 N–H and O–H groups in total. The zero-order valence-electron chi connectivity index (χ0n) is 9.24. The first kappa shape index (κ1) is 11.7. The molecule has 0 radical (unpaired) electrons. The third kappa shape index (κ3) is 2.47. The summed E-state index contributed by atoms with van der Waals surface area (Å²) in [5, 5.41) is 0.556. The molecular weight excluding hydrogens is 240 g/mol. The van der Waals surface area contributed by atoms with E-state index in [0.717, 1.165) is 15.7 Å². The van der Waals surface area contributed by atoms with Crippen LogP contribution in [0.1, 0.15) is 11.1 Å². The van der Waals surface area contributed by atoms with Crippen LogP contribution in [0.25, 0.3) is 0 Å². The van der Waals surface area contributed by atoms with E-state index in [1.54, 1.807) is 6.07 Å². The second kappa shape index (κ2) is 4.59. The molecule has 0 fully saturated rings. The number of benzene rings is 1. The fourth-order valence-electron chi connectivity index (χ4n) is 1.55. The Morgan fingerprint density at radius 2 is 2.06 bits per heavy atom. The Morgan fingerprint density at radius 3 is 2.71 bits per heavy atom. The van der Waals surface area contributed by atoms with Crippen LogP contribution in [0, 0.1) is 6.92 Å². The van der Waals surface area contributed by atoms with Crippen LogP contribution in [0.4, 0.5) is 0 Å². The Kier molecular flexibility index (Phi) is 3.15. The average Bonchev–Trinajstić information content (AvgIpc) is 2.26. The van der Waals surface area contributed by atoms with Crippen molar-refractivity contribution in [2.45, 2.75) is 13.5 Å². The molecule has 17 heavy (non-hydrogen) atoms. The number of H-pyrrole nitrogens is 1. The summed E-state index contributed by atoms with van der Waals surface area (Å²) in [7, 11) is 0. The summed E-state index contributed by atoms with van der Waals surface area (Å²) in [5.41, 5.74) is 1.00. The van der Waals surface area contributed by atoms with Gasteiger partial charge in [0.1, 0.15) is 0 Å². The molecule has 1 aromatic carbocycles. The van der Waals surface area contributed by atoms with Gasteiger partial charge in [0.05, 0.1) is 6.54 Å². The number of aromatic nitrogens is 2. The van der Waals surface area contributed by atoms with Crippen molar-refractivity contribution in [3.05, 3.63) is 67.4 Å².